The van der Waals surface area contributed by atoms with E-state index in [9.17, 15) is 18.0 Å². The topological polar surface area (TPSA) is 89.5 Å². The van der Waals surface area contributed by atoms with Gasteiger partial charge in [0.05, 0.1) is 31.2 Å². The summed E-state index contributed by atoms with van der Waals surface area (Å²) in [6.07, 6.45) is 0.985. The van der Waals surface area contributed by atoms with Gasteiger partial charge in [-0.3, -0.25) is 4.79 Å². The Morgan fingerprint density at radius 3 is 2.15 bits per heavy atom. The molecule has 0 bridgehead atoms. The van der Waals surface area contributed by atoms with Gasteiger partial charge in [-0.2, -0.15) is 0 Å². The van der Waals surface area contributed by atoms with Crippen molar-refractivity contribution in [2.45, 2.75) is 4.90 Å². The fraction of sp³-hybridized carbons (Fsp3) is 0.125. The molecule has 1 amide bonds. The first-order valence-electron chi connectivity index (χ1n) is 7.10. The molecule has 6 nitrogen and oxygen atoms in total. The lowest BCUT2D eigenvalue weighted by atomic mass is 10.2. The van der Waals surface area contributed by atoms with E-state index in [1.54, 1.807) is 0 Å². The Balaban J connectivity index is 2.09. The zero-order valence-corrected chi connectivity index (χ0v) is 17.4. The largest absolute Gasteiger partial charge is 0.452 e. The Kier molecular flexibility index (Phi) is 6.99. The maximum Gasteiger partial charge on any atom is 0.340 e. The van der Waals surface area contributed by atoms with Crippen LogP contribution in [0.25, 0.3) is 0 Å². The molecule has 0 fully saturated rings. The van der Waals surface area contributed by atoms with Crippen molar-refractivity contribution in [3.05, 3.63) is 56.0 Å². The fourth-order valence-electron chi connectivity index (χ4n) is 1.94. The van der Waals surface area contributed by atoms with Gasteiger partial charge < -0.3 is 10.1 Å². The van der Waals surface area contributed by atoms with E-state index in [-0.39, 0.29) is 36.2 Å². The Hall–Kier alpha value is -1.51. The van der Waals surface area contributed by atoms with Crippen LogP contribution >= 0.6 is 46.4 Å². The molecule has 0 aromatic heterocycles. The van der Waals surface area contributed by atoms with Crippen LogP contribution in [0.5, 0.6) is 0 Å². The zero-order valence-electron chi connectivity index (χ0n) is 13.6. The minimum atomic E-state index is -3.55. The fourth-order valence-corrected chi connectivity index (χ4v) is 3.69. The third-order valence-corrected chi connectivity index (χ3v) is 5.45. The molecule has 0 aliphatic rings. The number of hydrogen-bond acceptors (Lipinski definition) is 5. The van der Waals surface area contributed by atoms with Crippen LogP contribution in [0, 0.1) is 0 Å². The van der Waals surface area contributed by atoms with Crippen molar-refractivity contribution in [2.75, 3.05) is 18.2 Å². The minimum Gasteiger partial charge on any atom is -0.452 e. The summed E-state index contributed by atoms with van der Waals surface area (Å²) in [6.45, 7) is -0.673. The summed E-state index contributed by atoms with van der Waals surface area (Å²) in [7, 11) is -3.55. The lowest BCUT2D eigenvalue weighted by Gasteiger charge is -2.11. The molecule has 0 heterocycles. The Morgan fingerprint density at radius 1 is 1.00 bits per heavy atom. The second kappa shape index (κ2) is 8.67. The molecule has 0 unspecified atom stereocenters. The Labute approximate surface area is 175 Å². The van der Waals surface area contributed by atoms with Crippen molar-refractivity contribution in [3.8, 4) is 0 Å². The maximum absolute atomic E-state index is 12.1. The number of carbonyl (C=O) groups excluding carboxylic acids is 2. The first-order chi connectivity index (χ1) is 12.5. The van der Waals surface area contributed by atoms with Gasteiger partial charge in [0.2, 0.25) is 0 Å². The van der Waals surface area contributed by atoms with Crippen molar-refractivity contribution in [3.63, 3.8) is 0 Å². The molecule has 0 saturated carbocycles. The van der Waals surface area contributed by atoms with Gasteiger partial charge in [-0.1, -0.05) is 46.4 Å². The molecular formula is C16H11Cl4NO5S. The third-order valence-electron chi connectivity index (χ3n) is 3.19. The number of anilines is 1. The predicted octanol–water partition coefficient (Wildman–Crippen LogP) is 4.50. The van der Waals surface area contributed by atoms with Gasteiger partial charge in [0.25, 0.3) is 5.91 Å². The zero-order chi connectivity index (χ0) is 20.4. The molecule has 144 valence electrons. The van der Waals surface area contributed by atoms with E-state index in [1.165, 1.54) is 24.3 Å². The van der Waals surface area contributed by atoms with Crippen molar-refractivity contribution < 1.29 is 22.7 Å². The van der Waals surface area contributed by atoms with Crippen molar-refractivity contribution in [1.29, 1.82) is 0 Å². The monoisotopic (exact) mass is 469 g/mol. The predicted molar refractivity (Wildman–Crippen MR) is 105 cm³/mol. The van der Waals surface area contributed by atoms with Crippen LogP contribution in [-0.2, 0) is 19.4 Å². The van der Waals surface area contributed by atoms with Crippen LogP contribution in [-0.4, -0.2) is 33.2 Å². The van der Waals surface area contributed by atoms with Crippen LogP contribution < -0.4 is 5.32 Å². The molecule has 0 spiro atoms. The van der Waals surface area contributed by atoms with Gasteiger partial charge in [-0.25, -0.2) is 13.2 Å². The Bertz CT molecular complexity index is 1000. The number of sulfone groups is 1. The highest BCUT2D eigenvalue weighted by Gasteiger charge is 2.18. The molecule has 0 saturated heterocycles. The minimum absolute atomic E-state index is 0.0170. The van der Waals surface area contributed by atoms with Gasteiger partial charge in [-0.05, 0) is 30.3 Å². The normalized spacial score (nSPS) is 11.1. The van der Waals surface area contributed by atoms with Gasteiger partial charge in [-0.15, -0.1) is 0 Å². The van der Waals surface area contributed by atoms with E-state index in [4.69, 9.17) is 51.1 Å². The SMILES string of the molecule is CS(=O)(=O)c1ccc(Cl)c(C(=O)OCC(=O)Nc2c(Cl)cc(Cl)cc2Cl)c1. The molecule has 11 heteroatoms. The molecule has 2 aromatic rings. The highest BCUT2D eigenvalue weighted by molar-refractivity contribution is 7.90. The Morgan fingerprint density at radius 2 is 1.59 bits per heavy atom. The average Bonchev–Trinajstić information content (AvgIpc) is 2.55. The number of amides is 1. The van der Waals surface area contributed by atoms with Crippen LogP contribution in [0.2, 0.25) is 20.1 Å². The quantitative estimate of drug-likeness (QED) is 0.649. The lowest BCUT2D eigenvalue weighted by molar-refractivity contribution is -0.119. The maximum atomic E-state index is 12.1. The van der Waals surface area contributed by atoms with Gasteiger partial charge in [0.1, 0.15) is 0 Å². The van der Waals surface area contributed by atoms with E-state index >= 15 is 0 Å². The van der Waals surface area contributed by atoms with Crippen LogP contribution in [0.1, 0.15) is 10.4 Å². The van der Waals surface area contributed by atoms with Gasteiger partial charge >= 0.3 is 5.97 Å². The highest BCUT2D eigenvalue weighted by atomic mass is 35.5. The average molecular weight is 471 g/mol. The van der Waals surface area contributed by atoms with E-state index in [2.05, 4.69) is 5.32 Å². The number of esters is 1. The summed E-state index contributed by atoms with van der Waals surface area (Å²) in [5.41, 5.74) is -0.0733. The van der Waals surface area contributed by atoms with Crippen LogP contribution in [0.4, 0.5) is 5.69 Å². The van der Waals surface area contributed by atoms with E-state index in [0.29, 0.717) is 0 Å². The summed E-state index contributed by atoms with van der Waals surface area (Å²) < 4.78 is 28.0. The molecule has 0 aliphatic heterocycles. The van der Waals surface area contributed by atoms with E-state index in [1.807, 2.05) is 0 Å². The summed E-state index contributed by atoms with van der Waals surface area (Å²) in [4.78, 5) is 24.0. The van der Waals surface area contributed by atoms with Crippen molar-refractivity contribution >= 4 is 73.8 Å². The number of rotatable bonds is 5. The number of benzene rings is 2. The number of nitrogens with one attached hydrogen (secondary N) is 1. The molecule has 0 radical (unpaired) electrons. The molecule has 2 rings (SSSR count). The van der Waals surface area contributed by atoms with Crippen LogP contribution in [0.15, 0.2) is 35.2 Å². The number of ether oxygens (including phenoxy) is 1. The molecule has 0 aliphatic carbocycles. The molecule has 27 heavy (non-hydrogen) atoms. The second-order valence-electron chi connectivity index (χ2n) is 5.28. The second-order valence-corrected chi connectivity index (χ2v) is 8.96. The van der Waals surface area contributed by atoms with E-state index in [0.717, 1.165) is 12.3 Å². The van der Waals surface area contributed by atoms with Gasteiger partial charge in [0, 0.05) is 11.3 Å². The summed E-state index contributed by atoms with van der Waals surface area (Å²) >= 11 is 23.6. The van der Waals surface area contributed by atoms with E-state index < -0.39 is 28.3 Å². The first-order valence-corrected chi connectivity index (χ1v) is 10.5. The smallest absolute Gasteiger partial charge is 0.340 e. The molecule has 0 atom stereocenters. The van der Waals surface area contributed by atoms with Gasteiger partial charge in [0.15, 0.2) is 16.4 Å². The molecular weight excluding hydrogens is 460 g/mol. The van der Waals surface area contributed by atoms with Crippen molar-refractivity contribution in [2.24, 2.45) is 0 Å². The molecule has 2 aromatic carbocycles. The highest BCUT2D eigenvalue weighted by Crippen LogP contribution is 2.33. The first kappa shape index (κ1) is 21.8. The van der Waals surface area contributed by atoms with Crippen molar-refractivity contribution in [1.82, 2.24) is 0 Å². The summed E-state index contributed by atoms with van der Waals surface area (Å²) in [5.74, 6) is -1.68. The molecule has 1 N–H and O–H groups in total. The third kappa shape index (κ3) is 5.73. The number of hydrogen-bond donors (Lipinski definition) is 1. The number of carbonyl (C=O) groups is 2. The summed E-state index contributed by atoms with van der Waals surface area (Å²) in [5, 5.41) is 2.88. The lowest BCUT2D eigenvalue weighted by Crippen LogP contribution is -2.21. The van der Waals surface area contributed by atoms with Crippen LogP contribution in [0.3, 0.4) is 0 Å². The summed E-state index contributed by atoms with van der Waals surface area (Å²) in [6, 6.07) is 6.35. The number of halogens is 4. The standard InChI is InChI=1S/C16H11Cl4NO5S/c1-27(24,25)9-2-3-11(18)10(6-9)16(23)26-7-14(22)21-15-12(19)4-8(17)5-13(15)20/h2-6H,7H2,1H3,(H,21,22).